The number of amides is 1. The molecule has 1 saturated heterocycles. The lowest BCUT2D eigenvalue weighted by atomic mass is 10.1. The Balaban J connectivity index is 2.24. The molecule has 0 bridgehead atoms. The number of sulfonamides is 1. The van der Waals surface area contributed by atoms with Gasteiger partial charge < -0.3 is 15.8 Å². The molecule has 0 spiro atoms. The van der Waals surface area contributed by atoms with Crippen LogP contribution in [0, 0.1) is 0 Å². The van der Waals surface area contributed by atoms with Gasteiger partial charge in [0, 0.05) is 12.6 Å². The van der Waals surface area contributed by atoms with E-state index in [0.717, 1.165) is 6.42 Å². The van der Waals surface area contributed by atoms with Crippen LogP contribution < -0.4 is 20.5 Å². The van der Waals surface area contributed by atoms with Gasteiger partial charge in [-0.1, -0.05) is 0 Å². The van der Waals surface area contributed by atoms with E-state index in [1.807, 2.05) is 0 Å². The molecule has 0 aromatic heterocycles. The van der Waals surface area contributed by atoms with Gasteiger partial charge in [0.1, 0.15) is 16.7 Å². The van der Waals surface area contributed by atoms with Gasteiger partial charge in [-0.3, -0.25) is 4.79 Å². The first-order valence-corrected chi connectivity index (χ1v) is 7.66. The fourth-order valence-corrected chi connectivity index (χ4v) is 3.38. The molecule has 1 aliphatic heterocycles. The zero-order valence-electron chi connectivity index (χ0n) is 11.0. The first-order chi connectivity index (χ1) is 9.44. The van der Waals surface area contributed by atoms with Crippen LogP contribution in [0.15, 0.2) is 23.1 Å². The molecule has 1 unspecified atom stereocenters. The van der Waals surface area contributed by atoms with Crippen LogP contribution in [-0.2, 0) is 14.8 Å². The van der Waals surface area contributed by atoms with Crippen LogP contribution in [0.2, 0.25) is 0 Å². The number of rotatable bonds is 4. The monoisotopic (exact) mass is 299 g/mol. The average Bonchev–Trinajstić information content (AvgIpc) is 2.40. The van der Waals surface area contributed by atoms with Crippen LogP contribution in [0.5, 0.6) is 5.75 Å². The molecule has 0 aliphatic carbocycles. The Morgan fingerprint density at radius 1 is 1.45 bits per heavy atom. The first-order valence-electron chi connectivity index (χ1n) is 6.17. The van der Waals surface area contributed by atoms with Crippen molar-refractivity contribution in [3.8, 4) is 5.75 Å². The summed E-state index contributed by atoms with van der Waals surface area (Å²) < 4.78 is 31.9. The number of piperidine rings is 1. The van der Waals surface area contributed by atoms with Crippen molar-refractivity contribution >= 4 is 21.6 Å². The van der Waals surface area contributed by atoms with Gasteiger partial charge in [0.2, 0.25) is 15.9 Å². The van der Waals surface area contributed by atoms with Crippen LogP contribution in [0.4, 0.5) is 5.69 Å². The topological polar surface area (TPSA) is 111 Å². The Hall–Kier alpha value is -1.80. The number of hydrogen-bond donors (Lipinski definition) is 3. The quantitative estimate of drug-likeness (QED) is 0.669. The number of nitrogen functional groups attached to an aromatic ring is 1. The number of carbonyl (C=O) groups is 1. The average molecular weight is 299 g/mol. The van der Waals surface area contributed by atoms with Crippen molar-refractivity contribution in [2.75, 3.05) is 19.4 Å². The van der Waals surface area contributed by atoms with Crippen LogP contribution in [0.1, 0.15) is 12.8 Å². The van der Waals surface area contributed by atoms with Gasteiger partial charge in [-0.15, -0.1) is 0 Å². The fourth-order valence-electron chi connectivity index (χ4n) is 2.03. The number of nitrogens with one attached hydrogen (secondary N) is 2. The molecule has 1 atom stereocenters. The summed E-state index contributed by atoms with van der Waals surface area (Å²) in [7, 11) is -2.37. The summed E-state index contributed by atoms with van der Waals surface area (Å²) in [5.74, 6) is 0.156. The zero-order valence-corrected chi connectivity index (χ0v) is 11.9. The van der Waals surface area contributed by atoms with Gasteiger partial charge >= 0.3 is 0 Å². The maximum atomic E-state index is 12.3. The summed E-state index contributed by atoms with van der Waals surface area (Å²) in [4.78, 5) is 11.5. The number of nitrogens with two attached hydrogens (primary N) is 1. The highest BCUT2D eigenvalue weighted by Crippen LogP contribution is 2.24. The Labute approximate surface area is 117 Å². The molecule has 110 valence electrons. The predicted octanol–water partition coefficient (Wildman–Crippen LogP) is -0.166. The largest absolute Gasteiger partial charge is 0.497 e. The van der Waals surface area contributed by atoms with E-state index in [0.29, 0.717) is 18.7 Å². The van der Waals surface area contributed by atoms with Crippen molar-refractivity contribution in [2.45, 2.75) is 23.8 Å². The number of carbonyl (C=O) groups excluding carboxylic acids is 1. The van der Waals surface area contributed by atoms with Crippen molar-refractivity contribution in [1.29, 1.82) is 0 Å². The summed E-state index contributed by atoms with van der Waals surface area (Å²) >= 11 is 0. The molecule has 0 saturated carbocycles. The molecule has 1 aromatic carbocycles. The summed E-state index contributed by atoms with van der Waals surface area (Å²) in [5.41, 5.74) is 5.80. The van der Waals surface area contributed by atoms with E-state index in [-0.39, 0.29) is 16.5 Å². The van der Waals surface area contributed by atoms with E-state index in [2.05, 4.69) is 10.0 Å². The van der Waals surface area contributed by atoms with Gasteiger partial charge in [0.05, 0.1) is 12.8 Å². The van der Waals surface area contributed by atoms with Gasteiger partial charge in [-0.05, 0) is 25.0 Å². The molecule has 2 rings (SSSR count). The fraction of sp³-hybridized carbons (Fsp3) is 0.417. The van der Waals surface area contributed by atoms with Crippen molar-refractivity contribution in [3.05, 3.63) is 18.2 Å². The van der Waals surface area contributed by atoms with E-state index >= 15 is 0 Å². The minimum atomic E-state index is -3.84. The molecule has 1 heterocycles. The number of methoxy groups -OCH3 is 1. The van der Waals surface area contributed by atoms with Crippen LogP contribution in [-0.4, -0.2) is 34.0 Å². The van der Waals surface area contributed by atoms with E-state index < -0.39 is 16.1 Å². The van der Waals surface area contributed by atoms with E-state index in [4.69, 9.17) is 10.5 Å². The van der Waals surface area contributed by atoms with E-state index in [1.165, 1.54) is 25.3 Å². The Morgan fingerprint density at radius 2 is 2.20 bits per heavy atom. The molecule has 0 radical (unpaired) electrons. The summed E-state index contributed by atoms with van der Waals surface area (Å²) in [6.45, 7) is 0.571. The number of anilines is 1. The maximum Gasteiger partial charge on any atom is 0.243 e. The lowest BCUT2D eigenvalue weighted by Gasteiger charge is -2.23. The van der Waals surface area contributed by atoms with Crippen molar-refractivity contribution in [1.82, 2.24) is 10.0 Å². The summed E-state index contributed by atoms with van der Waals surface area (Å²) in [6, 6.07) is 3.54. The van der Waals surface area contributed by atoms with Gasteiger partial charge in [0.25, 0.3) is 0 Å². The number of hydrogen-bond acceptors (Lipinski definition) is 5. The predicted molar refractivity (Wildman–Crippen MR) is 73.8 cm³/mol. The van der Waals surface area contributed by atoms with E-state index in [9.17, 15) is 13.2 Å². The van der Waals surface area contributed by atoms with E-state index in [1.54, 1.807) is 0 Å². The highest BCUT2D eigenvalue weighted by atomic mass is 32.2. The number of ether oxygens (including phenoxy) is 1. The molecule has 8 heteroatoms. The maximum absolute atomic E-state index is 12.3. The molecular weight excluding hydrogens is 282 g/mol. The normalized spacial score (nSPS) is 19.4. The minimum Gasteiger partial charge on any atom is -0.497 e. The highest BCUT2D eigenvalue weighted by molar-refractivity contribution is 7.89. The SMILES string of the molecule is COc1ccc(S(=O)(=O)NC2CCCNC2=O)c(N)c1. The molecule has 20 heavy (non-hydrogen) atoms. The number of benzene rings is 1. The van der Waals surface area contributed by atoms with Gasteiger partial charge in [-0.25, -0.2) is 8.42 Å². The van der Waals surface area contributed by atoms with Crippen molar-refractivity contribution in [3.63, 3.8) is 0 Å². The third kappa shape index (κ3) is 3.02. The summed E-state index contributed by atoms with van der Waals surface area (Å²) in [5, 5.41) is 2.62. The summed E-state index contributed by atoms with van der Waals surface area (Å²) in [6.07, 6.45) is 1.21. The lowest BCUT2D eigenvalue weighted by molar-refractivity contribution is -0.124. The smallest absolute Gasteiger partial charge is 0.243 e. The van der Waals surface area contributed by atoms with Crippen molar-refractivity contribution < 1.29 is 17.9 Å². The van der Waals surface area contributed by atoms with Crippen molar-refractivity contribution in [2.24, 2.45) is 0 Å². The second-order valence-electron chi connectivity index (χ2n) is 4.51. The molecule has 7 nitrogen and oxygen atoms in total. The van der Waals surface area contributed by atoms with Gasteiger partial charge in [0.15, 0.2) is 0 Å². The third-order valence-electron chi connectivity index (χ3n) is 3.09. The molecule has 1 fully saturated rings. The minimum absolute atomic E-state index is 0.0586. The van der Waals surface area contributed by atoms with Crippen LogP contribution >= 0.6 is 0 Å². The molecule has 1 aliphatic rings. The molecular formula is C12H17N3O4S. The third-order valence-corrected chi connectivity index (χ3v) is 4.63. The van der Waals surface area contributed by atoms with Crippen LogP contribution in [0.25, 0.3) is 0 Å². The molecule has 1 amide bonds. The second kappa shape index (κ2) is 5.68. The molecule has 1 aromatic rings. The Kier molecular flexibility index (Phi) is 4.15. The molecule has 4 N–H and O–H groups in total. The Morgan fingerprint density at radius 3 is 2.80 bits per heavy atom. The lowest BCUT2D eigenvalue weighted by Crippen LogP contribution is -2.50. The second-order valence-corrected chi connectivity index (χ2v) is 6.19. The standard InChI is InChI=1S/C12H17N3O4S/c1-19-8-4-5-11(9(13)7-8)20(17,18)15-10-3-2-6-14-12(10)16/h4-5,7,10,15H,2-3,6,13H2,1H3,(H,14,16). The van der Waals surface area contributed by atoms with Gasteiger partial charge in [-0.2, -0.15) is 4.72 Å². The zero-order chi connectivity index (χ0) is 14.8. The Bertz CT molecular complexity index is 615. The first kappa shape index (κ1) is 14.6. The van der Waals surface area contributed by atoms with Crippen LogP contribution in [0.3, 0.4) is 0 Å². The highest BCUT2D eigenvalue weighted by Gasteiger charge is 2.28.